The number of carboxylic acids is 1. The number of aromatic nitrogens is 1. The first kappa shape index (κ1) is 16.0. The van der Waals surface area contributed by atoms with Crippen molar-refractivity contribution in [3.63, 3.8) is 0 Å². The van der Waals surface area contributed by atoms with Crippen LogP contribution in [0.15, 0.2) is 35.1 Å². The summed E-state index contributed by atoms with van der Waals surface area (Å²) in [7, 11) is 0. The second kappa shape index (κ2) is 5.98. The number of thioether (sulfide) groups is 1. The molecule has 2 aliphatic rings. The number of fused-ring (bicyclic) bond motifs is 1. The lowest BCUT2D eigenvalue weighted by molar-refractivity contribution is -0.161. The van der Waals surface area contributed by atoms with Crippen molar-refractivity contribution in [2.24, 2.45) is 5.92 Å². The Balaban J connectivity index is 1.84. The van der Waals surface area contributed by atoms with Crippen molar-refractivity contribution in [2.75, 3.05) is 0 Å². The highest BCUT2D eigenvalue weighted by molar-refractivity contribution is 8.03. The topological polar surface area (TPSA) is 90.7 Å². The van der Waals surface area contributed by atoms with E-state index in [0.29, 0.717) is 11.3 Å². The minimum absolute atomic E-state index is 0.0341. The molecule has 0 radical (unpaired) electrons. The van der Waals surface area contributed by atoms with Gasteiger partial charge in [0.1, 0.15) is 5.70 Å². The lowest BCUT2D eigenvalue weighted by atomic mass is 9.83. The molecular formula is C16H18N2O4S. The molecule has 3 heterocycles. The first-order valence-electron chi connectivity index (χ1n) is 7.46. The minimum atomic E-state index is -1.09. The van der Waals surface area contributed by atoms with Crippen LogP contribution in [0.2, 0.25) is 0 Å². The largest absolute Gasteiger partial charge is 0.477 e. The zero-order chi connectivity index (χ0) is 16.7. The lowest BCUT2D eigenvalue weighted by Gasteiger charge is -2.44. The van der Waals surface area contributed by atoms with E-state index in [0.717, 1.165) is 5.56 Å². The number of carbonyl (C=O) groups is 2. The number of aliphatic carboxylic acids is 1. The predicted molar refractivity (Wildman–Crippen MR) is 85.3 cm³/mol. The maximum absolute atomic E-state index is 12.2. The molecule has 0 aromatic carbocycles. The molecule has 1 aromatic rings. The van der Waals surface area contributed by atoms with E-state index in [9.17, 15) is 19.8 Å². The SMILES string of the molecule is CC(SC1=C(C(=O)O)N2C(=O)C(C(C)O)C2C1)c1cccnc1. The van der Waals surface area contributed by atoms with Gasteiger partial charge < -0.3 is 15.1 Å². The first-order valence-corrected chi connectivity index (χ1v) is 8.34. The molecule has 7 heteroatoms. The molecule has 1 aromatic heterocycles. The number of aliphatic hydroxyl groups is 1. The summed E-state index contributed by atoms with van der Waals surface area (Å²) < 4.78 is 0. The number of β-lactam (4-membered cyclic amide) rings is 1. The average molecular weight is 334 g/mol. The maximum atomic E-state index is 12.2. The molecule has 1 amide bonds. The van der Waals surface area contributed by atoms with Gasteiger partial charge in [-0.3, -0.25) is 9.78 Å². The number of nitrogens with zero attached hydrogens (tertiary/aromatic N) is 2. The molecule has 23 heavy (non-hydrogen) atoms. The highest BCUT2D eigenvalue weighted by Crippen LogP contribution is 2.49. The van der Waals surface area contributed by atoms with Crippen LogP contribution < -0.4 is 0 Å². The molecule has 2 N–H and O–H groups in total. The number of hydrogen-bond donors (Lipinski definition) is 2. The molecular weight excluding hydrogens is 316 g/mol. The van der Waals surface area contributed by atoms with E-state index in [2.05, 4.69) is 4.98 Å². The normalized spacial score (nSPS) is 25.9. The summed E-state index contributed by atoms with van der Waals surface area (Å²) in [4.78, 5) is 29.9. The van der Waals surface area contributed by atoms with Gasteiger partial charge in [-0.2, -0.15) is 0 Å². The zero-order valence-electron chi connectivity index (χ0n) is 12.8. The van der Waals surface area contributed by atoms with Gasteiger partial charge in [0.15, 0.2) is 0 Å². The van der Waals surface area contributed by atoms with Gasteiger partial charge in [-0.1, -0.05) is 6.07 Å². The standard InChI is InChI=1S/C16H18N2O4S/c1-8(19)13-11-6-12(14(16(21)22)18(11)15(13)20)23-9(2)10-4-3-5-17-7-10/h3-5,7-9,11,13,19H,6H2,1-2H3,(H,21,22). The van der Waals surface area contributed by atoms with E-state index < -0.39 is 18.0 Å². The van der Waals surface area contributed by atoms with Gasteiger partial charge in [0.2, 0.25) is 5.91 Å². The van der Waals surface area contributed by atoms with E-state index in [1.807, 2.05) is 19.1 Å². The molecule has 3 rings (SSSR count). The third kappa shape index (κ3) is 2.64. The van der Waals surface area contributed by atoms with E-state index in [1.165, 1.54) is 16.7 Å². The number of rotatable bonds is 5. The van der Waals surface area contributed by atoms with Crippen LogP contribution in [0.1, 0.15) is 31.1 Å². The molecule has 2 aliphatic heterocycles. The fourth-order valence-electron chi connectivity index (χ4n) is 3.23. The van der Waals surface area contributed by atoms with Crippen molar-refractivity contribution in [2.45, 2.75) is 37.7 Å². The molecule has 6 nitrogen and oxygen atoms in total. The van der Waals surface area contributed by atoms with Crippen molar-refractivity contribution in [1.82, 2.24) is 9.88 Å². The zero-order valence-corrected chi connectivity index (χ0v) is 13.7. The summed E-state index contributed by atoms with van der Waals surface area (Å²) in [5.74, 6) is -1.89. The monoisotopic (exact) mass is 334 g/mol. The quantitative estimate of drug-likeness (QED) is 0.798. The summed E-state index contributed by atoms with van der Waals surface area (Å²) in [6.45, 7) is 3.56. The van der Waals surface area contributed by atoms with E-state index in [4.69, 9.17) is 0 Å². The Labute approximate surface area is 138 Å². The van der Waals surface area contributed by atoms with Crippen molar-refractivity contribution in [3.05, 3.63) is 40.7 Å². The van der Waals surface area contributed by atoms with Crippen LogP contribution in [0.4, 0.5) is 0 Å². The summed E-state index contributed by atoms with van der Waals surface area (Å²) in [5.41, 5.74) is 1.07. The molecule has 0 aliphatic carbocycles. The third-order valence-corrected chi connectivity index (χ3v) is 5.63. The Hall–Kier alpha value is -1.86. The van der Waals surface area contributed by atoms with Crippen molar-refractivity contribution in [3.8, 4) is 0 Å². The Morgan fingerprint density at radius 1 is 1.48 bits per heavy atom. The number of pyridine rings is 1. The Morgan fingerprint density at radius 3 is 2.78 bits per heavy atom. The van der Waals surface area contributed by atoms with E-state index in [-0.39, 0.29) is 22.9 Å². The molecule has 0 spiro atoms. The van der Waals surface area contributed by atoms with Crippen LogP contribution in [-0.2, 0) is 9.59 Å². The highest BCUT2D eigenvalue weighted by atomic mass is 32.2. The fourth-order valence-corrected chi connectivity index (χ4v) is 4.50. The molecule has 1 fully saturated rings. The molecule has 1 saturated heterocycles. The summed E-state index contributed by atoms with van der Waals surface area (Å²) in [6.07, 6.45) is 3.17. The Bertz CT molecular complexity index is 674. The number of aliphatic hydroxyl groups excluding tert-OH is 1. The van der Waals surface area contributed by atoms with Crippen molar-refractivity contribution in [1.29, 1.82) is 0 Å². The van der Waals surface area contributed by atoms with Crippen LogP contribution in [0, 0.1) is 5.92 Å². The first-order chi connectivity index (χ1) is 10.9. The minimum Gasteiger partial charge on any atom is -0.477 e. The maximum Gasteiger partial charge on any atom is 0.353 e. The van der Waals surface area contributed by atoms with Crippen LogP contribution >= 0.6 is 11.8 Å². The number of hydrogen-bond acceptors (Lipinski definition) is 5. The number of carboxylic acid groups (broad SMARTS) is 1. The third-order valence-electron chi connectivity index (χ3n) is 4.36. The summed E-state index contributed by atoms with van der Waals surface area (Å²) >= 11 is 1.44. The summed E-state index contributed by atoms with van der Waals surface area (Å²) in [5, 5.41) is 19.3. The van der Waals surface area contributed by atoms with Gasteiger partial charge in [0.25, 0.3) is 0 Å². The molecule has 4 atom stereocenters. The molecule has 122 valence electrons. The van der Waals surface area contributed by atoms with Crippen LogP contribution in [0.5, 0.6) is 0 Å². The van der Waals surface area contributed by atoms with Crippen molar-refractivity contribution < 1.29 is 19.8 Å². The van der Waals surface area contributed by atoms with E-state index >= 15 is 0 Å². The number of carbonyl (C=O) groups excluding carboxylic acids is 1. The van der Waals surface area contributed by atoms with Gasteiger partial charge in [-0.25, -0.2) is 4.79 Å². The number of amides is 1. The predicted octanol–water partition coefficient (Wildman–Crippen LogP) is 1.78. The van der Waals surface area contributed by atoms with Crippen LogP contribution in [0.25, 0.3) is 0 Å². The fraction of sp³-hybridized carbons (Fsp3) is 0.438. The second-order valence-electron chi connectivity index (χ2n) is 5.87. The Morgan fingerprint density at radius 2 is 2.22 bits per heavy atom. The van der Waals surface area contributed by atoms with Crippen LogP contribution in [0.3, 0.4) is 0 Å². The van der Waals surface area contributed by atoms with Gasteiger partial charge in [0.05, 0.1) is 18.1 Å². The van der Waals surface area contributed by atoms with Gasteiger partial charge in [-0.15, -0.1) is 11.8 Å². The highest BCUT2D eigenvalue weighted by Gasteiger charge is 2.56. The molecule has 4 unspecified atom stereocenters. The van der Waals surface area contributed by atoms with Gasteiger partial charge in [-0.05, 0) is 25.5 Å². The summed E-state index contributed by atoms with van der Waals surface area (Å²) in [6, 6.07) is 3.55. The lowest BCUT2D eigenvalue weighted by Crippen LogP contribution is -2.61. The second-order valence-corrected chi connectivity index (χ2v) is 7.31. The van der Waals surface area contributed by atoms with Gasteiger partial charge >= 0.3 is 5.97 Å². The van der Waals surface area contributed by atoms with E-state index in [1.54, 1.807) is 19.3 Å². The van der Waals surface area contributed by atoms with Crippen molar-refractivity contribution >= 4 is 23.6 Å². The van der Waals surface area contributed by atoms with Crippen LogP contribution in [-0.4, -0.2) is 44.1 Å². The smallest absolute Gasteiger partial charge is 0.353 e. The Kier molecular flexibility index (Phi) is 4.16. The molecule has 0 bridgehead atoms. The molecule has 0 saturated carbocycles. The van der Waals surface area contributed by atoms with Gasteiger partial charge in [0, 0.05) is 29.0 Å². The average Bonchev–Trinajstić information content (AvgIpc) is 2.82.